The average molecular weight is 458 g/mol. The first-order valence-corrected chi connectivity index (χ1v) is 23.0. The molecule has 0 amide bonds. The van der Waals surface area contributed by atoms with Gasteiger partial charge < -0.3 is 0 Å². The standard InChI is InChI=1S/3C4H9.BrH.Pb/c3*1-3-4-2;;/h3*1,3-4H2,2H3;1H;/q;;;;+1/p-1. The molecule has 0 aliphatic rings. The minimum atomic E-state index is -1.88. The fraction of sp³-hybridized carbons (Fsp3) is 1.00. The minimum absolute atomic E-state index is 1.38. The van der Waals surface area contributed by atoms with Crippen LogP contribution in [0.25, 0.3) is 0 Å². The Morgan fingerprint density at radius 2 is 1.00 bits per heavy atom. The molecule has 0 aliphatic carbocycles. The van der Waals surface area contributed by atoms with Crippen LogP contribution in [0.15, 0.2) is 0 Å². The second-order valence-corrected chi connectivity index (χ2v) is 34.0. The third kappa shape index (κ3) is 7.66. The second kappa shape index (κ2) is 9.62. The molecule has 2 heteroatoms. The van der Waals surface area contributed by atoms with Crippen LogP contribution in [0.5, 0.6) is 0 Å². The summed E-state index contributed by atoms with van der Waals surface area (Å²) in [4.78, 5) is 0. The zero-order valence-electron chi connectivity index (χ0n) is 10.2. The van der Waals surface area contributed by atoms with Crippen molar-refractivity contribution in [1.82, 2.24) is 0 Å². The molecule has 0 aromatic rings. The van der Waals surface area contributed by atoms with Crippen molar-refractivity contribution < 1.29 is 0 Å². The van der Waals surface area contributed by atoms with Gasteiger partial charge in [0, 0.05) is 0 Å². The maximum absolute atomic E-state index is 4.21. The van der Waals surface area contributed by atoms with Crippen LogP contribution >= 0.6 is 12.0 Å². The van der Waals surface area contributed by atoms with E-state index in [-0.39, 0.29) is 0 Å². The summed E-state index contributed by atoms with van der Waals surface area (Å²) in [5.41, 5.74) is 0. The molecule has 0 saturated carbocycles. The number of unbranched alkanes of at least 4 members (excludes halogenated alkanes) is 3. The molecule has 86 valence electrons. The van der Waals surface area contributed by atoms with Crippen LogP contribution in [0.3, 0.4) is 0 Å². The topological polar surface area (TPSA) is 0 Å². The molecule has 0 radical (unpaired) electrons. The van der Waals surface area contributed by atoms with E-state index in [0.717, 1.165) is 0 Å². The molecule has 0 rings (SSSR count). The quantitative estimate of drug-likeness (QED) is 0.388. The predicted molar refractivity (Wildman–Crippen MR) is 73.8 cm³/mol. The Morgan fingerprint density at radius 3 is 1.21 bits per heavy atom. The number of hydrogen-bond acceptors (Lipinski definition) is 0. The summed E-state index contributed by atoms with van der Waals surface area (Å²) in [6, 6.07) is 0. The van der Waals surface area contributed by atoms with Crippen molar-refractivity contribution in [3.63, 3.8) is 0 Å². The van der Waals surface area contributed by atoms with Gasteiger partial charge in [0.25, 0.3) is 0 Å². The van der Waals surface area contributed by atoms with Crippen LogP contribution < -0.4 is 0 Å². The first kappa shape index (κ1) is 15.4. The Kier molecular flexibility index (Phi) is 10.6. The summed E-state index contributed by atoms with van der Waals surface area (Å²) in [5.74, 6) is 0. The Balaban J connectivity index is 3.89. The van der Waals surface area contributed by atoms with Gasteiger partial charge in [0.2, 0.25) is 0 Å². The molecule has 0 aromatic heterocycles. The van der Waals surface area contributed by atoms with Crippen molar-refractivity contribution in [1.29, 1.82) is 0 Å². The molecule has 0 bridgehead atoms. The van der Waals surface area contributed by atoms with E-state index in [1.165, 1.54) is 38.5 Å². The van der Waals surface area contributed by atoms with Crippen LogP contribution in [0, 0.1) is 0 Å². The third-order valence-corrected chi connectivity index (χ3v) is 27.9. The van der Waals surface area contributed by atoms with Gasteiger partial charge in [0.1, 0.15) is 0 Å². The first-order chi connectivity index (χ1) is 6.68. The van der Waals surface area contributed by atoms with E-state index < -0.39 is 18.8 Å². The summed E-state index contributed by atoms with van der Waals surface area (Å²) < 4.78 is 4.76. The van der Waals surface area contributed by atoms with Gasteiger partial charge in [-0.25, -0.2) is 0 Å². The molecule has 0 nitrogen and oxygen atoms in total. The maximum atomic E-state index is 4.21. The molecule has 0 aliphatic heterocycles. The number of rotatable bonds is 9. The molecule has 0 N–H and O–H groups in total. The van der Waals surface area contributed by atoms with Crippen LogP contribution in [-0.4, -0.2) is 18.8 Å². The van der Waals surface area contributed by atoms with Gasteiger partial charge in [-0.05, 0) is 0 Å². The zero-order chi connectivity index (χ0) is 10.9. The fourth-order valence-electron chi connectivity index (χ4n) is 1.86. The van der Waals surface area contributed by atoms with Gasteiger partial charge in [0.05, 0.1) is 0 Å². The Bertz CT molecular complexity index is 104. The molecule has 0 saturated heterocycles. The van der Waals surface area contributed by atoms with E-state index in [1.54, 1.807) is 11.9 Å². The Hall–Kier alpha value is 1.40. The normalized spacial score (nSPS) is 12.0. The van der Waals surface area contributed by atoms with Gasteiger partial charge in [0.15, 0.2) is 0 Å². The Morgan fingerprint density at radius 1 is 0.714 bits per heavy atom. The number of hydrogen-bond donors (Lipinski definition) is 0. The van der Waals surface area contributed by atoms with E-state index in [0.29, 0.717) is 0 Å². The zero-order valence-corrected chi connectivity index (χ0v) is 15.7. The van der Waals surface area contributed by atoms with Crippen LogP contribution in [-0.2, 0) is 0 Å². The van der Waals surface area contributed by atoms with Crippen LogP contribution in [0.4, 0.5) is 0 Å². The van der Waals surface area contributed by atoms with Crippen molar-refractivity contribution in [2.24, 2.45) is 0 Å². The van der Waals surface area contributed by atoms with E-state index in [9.17, 15) is 0 Å². The van der Waals surface area contributed by atoms with Crippen LogP contribution in [0.1, 0.15) is 59.3 Å². The molecule has 0 unspecified atom stereocenters. The molecule has 14 heavy (non-hydrogen) atoms. The summed E-state index contributed by atoms with van der Waals surface area (Å²) in [5, 5.41) is 0. The summed E-state index contributed by atoms with van der Waals surface area (Å²) in [7, 11) is 0. The molecule has 0 heterocycles. The number of halogens is 1. The predicted octanol–water partition coefficient (Wildman–Crippen LogP) is 5.73. The second-order valence-electron chi connectivity index (χ2n) is 4.46. The average Bonchev–Trinajstić information content (AvgIpc) is 2.21. The van der Waals surface area contributed by atoms with E-state index in [1.807, 2.05) is 0 Å². The summed E-state index contributed by atoms with van der Waals surface area (Å²) >= 11 is 2.33. The monoisotopic (exact) mass is 458 g/mol. The molecule has 0 aromatic carbocycles. The van der Waals surface area contributed by atoms with Gasteiger partial charge >= 0.3 is 102 Å². The van der Waals surface area contributed by atoms with Gasteiger partial charge in [-0.3, -0.25) is 0 Å². The van der Waals surface area contributed by atoms with E-state index >= 15 is 0 Å². The van der Waals surface area contributed by atoms with Gasteiger partial charge in [-0.1, -0.05) is 0 Å². The molecular weight excluding hydrogens is 431 g/mol. The molecule has 0 fully saturated rings. The summed E-state index contributed by atoms with van der Waals surface area (Å²) in [6.45, 7) is 6.96. The van der Waals surface area contributed by atoms with Crippen LogP contribution in [0.2, 0.25) is 11.9 Å². The van der Waals surface area contributed by atoms with Gasteiger partial charge in [-0.2, -0.15) is 0 Å². The fourth-order valence-corrected chi connectivity index (χ4v) is 23.7. The first-order valence-electron chi connectivity index (χ1n) is 6.37. The van der Waals surface area contributed by atoms with Crippen molar-refractivity contribution in [2.45, 2.75) is 71.2 Å². The van der Waals surface area contributed by atoms with Crippen molar-refractivity contribution in [2.75, 3.05) is 0 Å². The SMILES string of the molecule is CCC[CH2][Pb]([Br])([CH2]CCC)[CH2]CCC. The van der Waals surface area contributed by atoms with Crippen molar-refractivity contribution in [3.05, 3.63) is 0 Å². The van der Waals surface area contributed by atoms with Gasteiger partial charge in [-0.15, -0.1) is 0 Å². The molecular formula is C12H27BrPb. The summed E-state index contributed by atoms with van der Waals surface area (Å²) in [6.07, 6.45) is 8.56. The molecule has 0 atom stereocenters. The molecule has 0 spiro atoms. The third-order valence-electron chi connectivity index (χ3n) is 2.94. The van der Waals surface area contributed by atoms with Crippen molar-refractivity contribution in [3.8, 4) is 0 Å². The van der Waals surface area contributed by atoms with Crippen molar-refractivity contribution >= 4 is 30.7 Å². The van der Waals surface area contributed by atoms with E-state index in [4.69, 9.17) is 0 Å². The van der Waals surface area contributed by atoms with E-state index in [2.05, 4.69) is 32.8 Å². The Labute approximate surface area is 101 Å².